The van der Waals surface area contributed by atoms with Crippen molar-refractivity contribution in [3.63, 3.8) is 0 Å². The first-order chi connectivity index (χ1) is 6.69. The van der Waals surface area contributed by atoms with Crippen molar-refractivity contribution in [3.8, 4) is 0 Å². The summed E-state index contributed by atoms with van der Waals surface area (Å²) in [6, 6.07) is 5.94. The number of alkyl halides is 2. The maximum atomic E-state index is 12.4. The van der Waals surface area contributed by atoms with Crippen LogP contribution in [-0.2, 0) is 6.42 Å². The quantitative estimate of drug-likeness (QED) is 0.576. The summed E-state index contributed by atoms with van der Waals surface area (Å²) in [6.07, 6.45) is -1.59. The van der Waals surface area contributed by atoms with E-state index in [1.807, 2.05) is 19.1 Å². The second-order valence-electron chi connectivity index (χ2n) is 3.07. The van der Waals surface area contributed by atoms with Gasteiger partial charge < -0.3 is 0 Å². The van der Waals surface area contributed by atoms with Crippen LogP contribution in [-0.4, -0.2) is 6.43 Å². The monoisotopic (exact) mass is 200 g/mol. The Hall–Kier alpha value is -1.00. The zero-order valence-electron chi connectivity index (χ0n) is 8.00. The summed E-state index contributed by atoms with van der Waals surface area (Å²) >= 11 is 0. The summed E-state index contributed by atoms with van der Waals surface area (Å²) in [5, 5.41) is 0. The lowest BCUT2D eigenvalue weighted by Gasteiger charge is -2.15. The molecule has 0 fully saturated rings. The summed E-state index contributed by atoms with van der Waals surface area (Å²) < 4.78 is 24.9. The number of nitrogens with one attached hydrogen (secondary N) is 1. The van der Waals surface area contributed by atoms with E-state index in [0.29, 0.717) is 5.56 Å². The molecule has 3 N–H and O–H groups in total. The number of hydrazine groups is 1. The molecule has 0 spiro atoms. The normalized spacial score (nSPS) is 13.2. The average molecular weight is 200 g/mol. The smallest absolute Gasteiger partial charge is 0.259 e. The van der Waals surface area contributed by atoms with Gasteiger partial charge in [-0.1, -0.05) is 31.2 Å². The first-order valence-electron chi connectivity index (χ1n) is 4.52. The Kier molecular flexibility index (Phi) is 3.98. The van der Waals surface area contributed by atoms with Gasteiger partial charge in [0.1, 0.15) is 6.04 Å². The zero-order valence-corrected chi connectivity index (χ0v) is 8.00. The molecule has 4 heteroatoms. The lowest BCUT2D eigenvalue weighted by molar-refractivity contribution is 0.0986. The lowest BCUT2D eigenvalue weighted by Crippen LogP contribution is -2.32. The van der Waals surface area contributed by atoms with Gasteiger partial charge in [-0.15, -0.1) is 0 Å². The van der Waals surface area contributed by atoms with Crippen molar-refractivity contribution in [3.05, 3.63) is 35.4 Å². The third-order valence-electron chi connectivity index (χ3n) is 2.18. The molecular weight excluding hydrogens is 186 g/mol. The first-order valence-corrected chi connectivity index (χ1v) is 4.52. The fourth-order valence-electron chi connectivity index (χ4n) is 1.28. The molecule has 1 unspecified atom stereocenters. The minimum Gasteiger partial charge on any atom is -0.271 e. The van der Waals surface area contributed by atoms with E-state index in [0.717, 1.165) is 12.0 Å². The summed E-state index contributed by atoms with van der Waals surface area (Å²) in [5.74, 6) is 5.05. The molecule has 0 radical (unpaired) electrons. The van der Waals surface area contributed by atoms with Crippen LogP contribution in [0.25, 0.3) is 0 Å². The molecular formula is C10H14F2N2. The van der Waals surface area contributed by atoms with Gasteiger partial charge in [-0.05, 0) is 17.5 Å². The van der Waals surface area contributed by atoms with Gasteiger partial charge in [0.15, 0.2) is 0 Å². The van der Waals surface area contributed by atoms with Gasteiger partial charge >= 0.3 is 0 Å². The number of hydrogen-bond acceptors (Lipinski definition) is 2. The minimum absolute atomic E-state index is 0.514. The molecule has 0 amide bonds. The van der Waals surface area contributed by atoms with Crippen LogP contribution in [0.2, 0.25) is 0 Å². The van der Waals surface area contributed by atoms with Crippen LogP contribution < -0.4 is 11.3 Å². The third kappa shape index (κ3) is 2.49. The van der Waals surface area contributed by atoms with Gasteiger partial charge in [0.25, 0.3) is 6.43 Å². The number of rotatable bonds is 4. The molecule has 1 aromatic carbocycles. The van der Waals surface area contributed by atoms with Crippen LogP contribution >= 0.6 is 0 Å². The fourth-order valence-corrected chi connectivity index (χ4v) is 1.28. The van der Waals surface area contributed by atoms with Crippen LogP contribution in [0, 0.1) is 0 Å². The van der Waals surface area contributed by atoms with Crippen molar-refractivity contribution in [2.24, 2.45) is 5.84 Å². The van der Waals surface area contributed by atoms with Crippen LogP contribution in [0.3, 0.4) is 0 Å². The molecule has 0 saturated carbocycles. The van der Waals surface area contributed by atoms with E-state index in [2.05, 4.69) is 5.43 Å². The maximum Gasteiger partial charge on any atom is 0.259 e. The SMILES string of the molecule is CCc1ccc(C(NN)C(F)F)cc1. The molecule has 78 valence electrons. The molecule has 1 aromatic rings. The van der Waals surface area contributed by atoms with E-state index in [-0.39, 0.29) is 0 Å². The molecule has 0 aliphatic heterocycles. The van der Waals surface area contributed by atoms with E-state index in [4.69, 9.17) is 5.84 Å². The Morgan fingerprint density at radius 2 is 1.86 bits per heavy atom. The zero-order chi connectivity index (χ0) is 10.6. The largest absolute Gasteiger partial charge is 0.271 e. The predicted molar refractivity (Wildman–Crippen MR) is 51.9 cm³/mol. The van der Waals surface area contributed by atoms with E-state index >= 15 is 0 Å². The van der Waals surface area contributed by atoms with Gasteiger partial charge in [0.05, 0.1) is 0 Å². The highest BCUT2D eigenvalue weighted by molar-refractivity contribution is 5.25. The van der Waals surface area contributed by atoms with Gasteiger partial charge in [-0.25, -0.2) is 14.2 Å². The fraction of sp³-hybridized carbons (Fsp3) is 0.400. The Morgan fingerprint density at radius 3 is 2.21 bits per heavy atom. The predicted octanol–water partition coefficient (Wildman–Crippen LogP) is 2.02. The molecule has 0 aliphatic carbocycles. The standard InChI is InChI=1S/C10H14F2N2/c1-2-7-3-5-8(6-4-7)9(14-13)10(11)12/h3-6,9-10,14H,2,13H2,1H3. The molecule has 0 aliphatic rings. The highest BCUT2D eigenvalue weighted by atomic mass is 19.3. The van der Waals surface area contributed by atoms with E-state index < -0.39 is 12.5 Å². The van der Waals surface area contributed by atoms with Crippen molar-refractivity contribution in [2.45, 2.75) is 25.8 Å². The highest BCUT2D eigenvalue weighted by Gasteiger charge is 2.20. The van der Waals surface area contributed by atoms with E-state index in [9.17, 15) is 8.78 Å². The molecule has 2 nitrogen and oxygen atoms in total. The summed E-state index contributed by atoms with van der Waals surface area (Å²) in [4.78, 5) is 0. The highest BCUT2D eigenvalue weighted by Crippen LogP contribution is 2.20. The summed E-state index contributed by atoms with van der Waals surface area (Å²) in [7, 11) is 0. The van der Waals surface area contributed by atoms with Gasteiger partial charge in [-0.2, -0.15) is 0 Å². The molecule has 14 heavy (non-hydrogen) atoms. The molecule has 1 rings (SSSR count). The van der Waals surface area contributed by atoms with Crippen LogP contribution in [0.5, 0.6) is 0 Å². The van der Waals surface area contributed by atoms with Crippen LogP contribution in [0.1, 0.15) is 24.1 Å². The van der Waals surface area contributed by atoms with Crippen molar-refractivity contribution in [2.75, 3.05) is 0 Å². The molecule has 0 heterocycles. The van der Waals surface area contributed by atoms with E-state index in [1.165, 1.54) is 0 Å². The third-order valence-corrected chi connectivity index (χ3v) is 2.18. The van der Waals surface area contributed by atoms with Gasteiger partial charge in [0.2, 0.25) is 0 Å². The van der Waals surface area contributed by atoms with Gasteiger partial charge in [-0.3, -0.25) is 5.84 Å². The Balaban J connectivity index is 2.84. The minimum atomic E-state index is -2.49. The molecule has 0 saturated heterocycles. The maximum absolute atomic E-state index is 12.4. The molecule has 1 atom stereocenters. The average Bonchev–Trinajstić information content (AvgIpc) is 2.19. The van der Waals surface area contributed by atoms with E-state index in [1.54, 1.807) is 12.1 Å². The Bertz CT molecular complexity index is 272. The number of aryl methyl sites for hydroxylation is 1. The van der Waals surface area contributed by atoms with Crippen molar-refractivity contribution in [1.82, 2.24) is 5.43 Å². The number of benzene rings is 1. The van der Waals surface area contributed by atoms with Crippen molar-refractivity contribution >= 4 is 0 Å². The second-order valence-corrected chi connectivity index (χ2v) is 3.07. The Morgan fingerprint density at radius 1 is 1.29 bits per heavy atom. The van der Waals surface area contributed by atoms with Crippen LogP contribution in [0.4, 0.5) is 8.78 Å². The number of hydrogen-bond donors (Lipinski definition) is 2. The number of halogens is 2. The van der Waals surface area contributed by atoms with Crippen LogP contribution in [0.15, 0.2) is 24.3 Å². The first kappa shape index (κ1) is 11.1. The lowest BCUT2D eigenvalue weighted by atomic mass is 10.0. The summed E-state index contributed by atoms with van der Waals surface area (Å²) in [5.41, 5.74) is 3.74. The molecule has 0 bridgehead atoms. The van der Waals surface area contributed by atoms with Crippen molar-refractivity contribution < 1.29 is 8.78 Å². The van der Waals surface area contributed by atoms with Gasteiger partial charge in [0, 0.05) is 0 Å². The van der Waals surface area contributed by atoms with Crippen molar-refractivity contribution in [1.29, 1.82) is 0 Å². The second kappa shape index (κ2) is 5.02. The Labute approximate surface area is 82.1 Å². The molecule has 0 aromatic heterocycles. The number of nitrogens with two attached hydrogens (primary N) is 1. The topological polar surface area (TPSA) is 38.0 Å². The summed E-state index contributed by atoms with van der Waals surface area (Å²) in [6.45, 7) is 2.01.